The van der Waals surface area contributed by atoms with Crippen LogP contribution < -0.4 is 10.3 Å². The van der Waals surface area contributed by atoms with E-state index in [1.54, 1.807) is 12.1 Å². The highest BCUT2D eigenvalue weighted by Crippen LogP contribution is 2.12. The van der Waals surface area contributed by atoms with Crippen LogP contribution in [0.5, 0.6) is 0 Å². The zero-order chi connectivity index (χ0) is 17.5. The maximum atomic E-state index is 12.2. The fourth-order valence-corrected chi connectivity index (χ4v) is 2.38. The number of hydrogen-bond acceptors (Lipinski definition) is 3. The third kappa shape index (κ3) is 4.69. The van der Waals surface area contributed by atoms with E-state index in [4.69, 9.17) is 0 Å². The molecule has 2 aromatic rings. The van der Waals surface area contributed by atoms with Crippen molar-refractivity contribution < 1.29 is 4.79 Å². The van der Waals surface area contributed by atoms with Crippen molar-refractivity contribution in [1.29, 1.82) is 0 Å². The predicted molar refractivity (Wildman–Crippen MR) is 101 cm³/mol. The topological polar surface area (TPSA) is 44.7 Å². The molecule has 1 amide bonds. The number of carbonyl (C=O) groups excluding carboxylic acids is 1. The summed E-state index contributed by atoms with van der Waals surface area (Å²) in [6.07, 6.45) is 2.21. The number of anilines is 1. The number of nitrogens with one attached hydrogen (secondary N) is 1. The second-order valence-electron chi connectivity index (χ2n) is 6.03. The van der Waals surface area contributed by atoms with Gasteiger partial charge in [-0.25, -0.2) is 5.43 Å². The molecule has 0 radical (unpaired) electrons. The lowest BCUT2D eigenvalue weighted by Gasteiger charge is -2.12. The maximum Gasteiger partial charge on any atom is 0.271 e. The number of aryl methyl sites for hydroxylation is 1. The molecule has 2 rings (SSSR count). The van der Waals surface area contributed by atoms with Crippen LogP contribution in [0.2, 0.25) is 0 Å². The fraction of sp³-hybridized carbons (Fsp3) is 0.300. The molecule has 0 heterocycles. The summed E-state index contributed by atoms with van der Waals surface area (Å²) in [5.41, 5.74) is 7.39. The number of hydrogen-bond donors (Lipinski definition) is 1. The SMILES string of the molecule is CCCc1ccc(/C(C)=N/NC(=O)c2ccc(N(C)C)cc2)cc1. The number of carbonyl (C=O) groups is 1. The van der Waals surface area contributed by atoms with Crippen LogP contribution in [0.4, 0.5) is 5.69 Å². The molecular weight excluding hydrogens is 298 g/mol. The molecule has 0 aliphatic carbocycles. The van der Waals surface area contributed by atoms with Crippen LogP contribution in [0.3, 0.4) is 0 Å². The highest BCUT2D eigenvalue weighted by atomic mass is 16.2. The largest absolute Gasteiger partial charge is 0.378 e. The van der Waals surface area contributed by atoms with Gasteiger partial charge in [-0.2, -0.15) is 5.10 Å². The van der Waals surface area contributed by atoms with E-state index >= 15 is 0 Å². The minimum atomic E-state index is -0.206. The van der Waals surface area contributed by atoms with Crippen molar-refractivity contribution in [2.24, 2.45) is 5.10 Å². The highest BCUT2D eigenvalue weighted by Gasteiger charge is 2.05. The van der Waals surface area contributed by atoms with Gasteiger partial charge in [0, 0.05) is 25.3 Å². The van der Waals surface area contributed by atoms with E-state index in [9.17, 15) is 4.79 Å². The Hall–Kier alpha value is -2.62. The zero-order valence-electron chi connectivity index (χ0n) is 14.8. The summed E-state index contributed by atoms with van der Waals surface area (Å²) in [4.78, 5) is 14.2. The van der Waals surface area contributed by atoms with E-state index < -0.39 is 0 Å². The Morgan fingerprint density at radius 1 is 1.00 bits per heavy atom. The number of amides is 1. The van der Waals surface area contributed by atoms with Gasteiger partial charge in [-0.1, -0.05) is 37.6 Å². The van der Waals surface area contributed by atoms with Crippen molar-refractivity contribution in [1.82, 2.24) is 5.43 Å². The van der Waals surface area contributed by atoms with Crippen molar-refractivity contribution in [2.75, 3.05) is 19.0 Å². The van der Waals surface area contributed by atoms with E-state index in [1.165, 1.54) is 5.56 Å². The molecule has 0 atom stereocenters. The van der Waals surface area contributed by atoms with Gasteiger partial charge in [-0.05, 0) is 48.7 Å². The van der Waals surface area contributed by atoms with Crippen LogP contribution >= 0.6 is 0 Å². The summed E-state index contributed by atoms with van der Waals surface area (Å²) in [5, 5.41) is 4.21. The van der Waals surface area contributed by atoms with E-state index in [-0.39, 0.29) is 5.91 Å². The third-order valence-electron chi connectivity index (χ3n) is 3.88. The summed E-state index contributed by atoms with van der Waals surface area (Å²) in [6.45, 7) is 4.06. The van der Waals surface area contributed by atoms with Crippen LogP contribution in [0.25, 0.3) is 0 Å². The molecular formula is C20H25N3O. The van der Waals surface area contributed by atoms with Crippen LogP contribution in [-0.4, -0.2) is 25.7 Å². The van der Waals surface area contributed by atoms with Crippen molar-refractivity contribution in [3.63, 3.8) is 0 Å². The minimum absolute atomic E-state index is 0.206. The predicted octanol–water partition coefficient (Wildman–Crippen LogP) is 3.86. The maximum absolute atomic E-state index is 12.2. The van der Waals surface area contributed by atoms with Gasteiger partial charge < -0.3 is 4.90 Å². The lowest BCUT2D eigenvalue weighted by molar-refractivity contribution is 0.0955. The van der Waals surface area contributed by atoms with Crippen molar-refractivity contribution in [2.45, 2.75) is 26.7 Å². The Balaban J connectivity index is 2.01. The first-order chi connectivity index (χ1) is 11.5. The molecule has 4 heteroatoms. The smallest absolute Gasteiger partial charge is 0.271 e. The fourth-order valence-electron chi connectivity index (χ4n) is 2.38. The Morgan fingerprint density at radius 3 is 2.12 bits per heavy atom. The number of nitrogens with zero attached hydrogens (tertiary/aromatic N) is 2. The first kappa shape index (κ1) is 17.7. The van der Waals surface area contributed by atoms with Crippen molar-refractivity contribution >= 4 is 17.3 Å². The Labute approximate surface area is 144 Å². The van der Waals surface area contributed by atoms with Gasteiger partial charge in [0.1, 0.15) is 0 Å². The molecule has 24 heavy (non-hydrogen) atoms. The molecule has 0 aliphatic heterocycles. The van der Waals surface area contributed by atoms with Crippen LogP contribution in [0.1, 0.15) is 41.8 Å². The summed E-state index contributed by atoms with van der Waals surface area (Å²) in [6, 6.07) is 15.7. The molecule has 0 saturated carbocycles. The molecule has 1 N–H and O–H groups in total. The zero-order valence-corrected chi connectivity index (χ0v) is 14.8. The quantitative estimate of drug-likeness (QED) is 0.648. The number of benzene rings is 2. The van der Waals surface area contributed by atoms with Crippen LogP contribution in [-0.2, 0) is 6.42 Å². The van der Waals surface area contributed by atoms with Gasteiger partial charge in [-0.3, -0.25) is 4.79 Å². The van der Waals surface area contributed by atoms with Crippen molar-refractivity contribution in [3.05, 3.63) is 65.2 Å². The van der Waals surface area contributed by atoms with E-state index in [0.717, 1.165) is 29.8 Å². The molecule has 0 unspecified atom stereocenters. The average molecular weight is 323 g/mol. The summed E-state index contributed by atoms with van der Waals surface area (Å²) in [5.74, 6) is -0.206. The minimum Gasteiger partial charge on any atom is -0.378 e. The third-order valence-corrected chi connectivity index (χ3v) is 3.88. The molecule has 0 aliphatic rings. The first-order valence-electron chi connectivity index (χ1n) is 8.22. The normalized spacial score (nSPS) is 11.2. The average Bonchev–Trinajstić information content (AvgIpc) is 2.60. The van der Waals surface area contributed by atoms with E-state index in [1.807, 2.05) is 50.2 Å². The molecule has 4 nitrogen and oxygen atoms in total. The van der Waals surface area contributed by atoms with Gasteiger partial charge in [0.2, 0.25) is 0 Å². The summed E-state index contributed by atoms with van der Waals surface area (Å²) in [7, 11) is 3.93. The van der Waals surface area contributed by atoms with E-state index in [2.05, 4.69) is 29.6 Å². The van der Waals surface area contributed by atoms with Gasteiger partial charge in [0.15, 0.2) is 0 Å². The summed E-state index contributed by atoms with van der Waals surface area (Å²) >= 11 is 0. The Morgan fingerprint density at radius 2 is 1.58 bits per heavy atom. The highest BCUT2D eigenvalue weighted by molar-refractivity contribution is 6.00. The Bertz CT molecular complexity index is 701. The molecule has 0 bridgehead atoms. The Kier molecular flexibility index (Phi) is 6.13. The van der Waals surface area contributed by atoms with Gasteiger partial charge in [0.25, 0.3) is 5.91 Å². The second kappa shape index (κ2) is 8.29. The standard InChI is InChI=1S/C20H25N3O/c1-5-6-16-7-9-17(10-8-16)15(2)21-22-20(24)18-11-13-19(14-12-18)23(3)4/h7-14H,5-6H2,1-4H3,(H,22,24)/b21-15+. The van der Waals surface area contributed by atoms with Crippen LogP contribution in [0.15, 0.2) is 53.6 Å². The lowest BCUT2D eigenvalue weighted by atomic mass is 10.1. The van der Waals surface area contributed by atoms with Gasteiger partial charge in [-0.15, -0.1) is 0 Å². The molecule has 0 saturated heterocycles. The van der Waals surface area contributed by atoms with E-state index in [0.29, 0.717) is 5.56 Å². The van der Waals surface area contributed by atoms with Crippen molar-refractivity contribution in [3.8, 4) is 0 Å². The molecule has 126 valence electrons. The van der Waals surface area contributed by atoms with Crippen LogP contribution in [0, 0.1) is 0 Å². The number of rotatable bonds is 6. The number of hydrazone groups is 1. The summed E-state index contributed by atoms with van der Waals surface area (Å²) < 4.78 is 0. The monoisotopic (exact) mass is 323 g/mol. The van der Waals surface area contributed by atoms with Gasteiger partial charge >= 0.3 is 0 Å². The molecule has 0 fully saturated rings. The first-order valence-corrected chi connectivity index (χ1v) is 8.22. The lowest BCUT2D eigenvalue weighted by Crippen LogP contribution is -2.19. The van der Waals surface area contributed by atoms with Gasteiger partial charge in [0.05, 0.1) is 5.71 Å². The molecule has 0 aromatic heterocycles. The second-order valence-corrected chi connectivity index (χ2v) is 6.03. The molecule has 0 spiro atoms. The molecule has 2 aromatic carbocycles.